The molecule has 0 spiro atoms. The second-order valence-corrected chi connectivity index (χ2v) is 5.79. The number of rotatable bonds is 4. The van der Waals surface area contributed by atoms with Gasteiger partial charge in [-0.05, 0) is 31.7 Å². The van der Waals surface area contributed by atoms with Crippen molar-refractivity contribution >= 4 is 0 Å². The summed E-state index contributed by atoms with van der Waals surface area (Å²) in [5, 5.41) is 0. The van der Waals surface area contributed by atoms with Crippen molar-refractivity contribution in [2.24, 2.45) is 0 Å². The fourth-order valence-electron chi connectivity index (χ4n) is 3.40. The molecule has 122 valence electrons. The quantitative estimate of drug-likeness (QED) is 0.859. The molecule has 4 heteroatoms. The van der Waals surface area contributed by atoms with Crippen LogP contribution >= 0.6 is 0 Å². The van der Waals surface area contributed by atoms with Crippen LogP contribution in [0, 0.1) is 0 Å². The van der Waals surface area contributed by atoms with E-state index in [2.05, 4.69) is 43.1 Å². The molecular weight excluding hydrogens is 290 g/mol. The van der Waals surface area contributed by atoms with Crippen molar-refractivity contribution in [1.82, 2.24) is 4.90 Å². The molecule has 1 aliphatic heterocycles. The fraction of sp³-hybridized carbons (Fsp3) is 0.368. The maximum Gasteiger partial charge on any atom is 0.144 e. The lowest BCUT2D eigenvalue weighted by Crippen LogP contribution is -2.24. The molecule has 1 saturated heterocycles. The van der Waals surface area contributed by atoms with Gasteiger partial charge in [0.05, 0.1) is 31.9 Å². The third-order valence-electron chi connectivity index (χ3n) is 4.45. The van der Waals surface area contributed by atoms with E-state index >= 15 is 0 Å². The van der Waals surface area contributed by atoms with E-state index in [1.54, 1.807) is 14.2 Å². The van der Waals surface area contributed by atoms with E-state index in [-0.39, 0.29) is 18.4 Å². The molecule has 0 amide bonds. The maximum atomic E-state index is 6.28. The molecule has 2 unspecified atom stereocenters. The molecule has 0 N–H and O–H groups in total. The van der Waals surface area contributed by atoms with Crippen molar-refractivity contribution < 1.29 is 14.2 Å². The van der Waals surface area contributed by atoms with Crippen molar-refractivity contribution in [3.63, 3.8) is 0 Å². The maximum absolute atomic E-state index is 6.28. The van der Waals surface area contributed by atoms with Crippen molar-refractivity contribution in [3.05, 3.63) is 59.7 Å². The molecule has 0 radical (unpaired) electrons. The monoisotopic (exact) mass is 313 g/mol. The van der Waals surface area contributed by atoms with Gasteiger partial charge >= 0.3 is 0 Å². The van der Waals surface area contributed by atoms with E-state index in [0.717, 1.165) is 17.1 Å². The number of benzene rings is 2. The van der Waals surface area contributed by atoms with Crippen LogP contribution in [0.1, 0.15) is 30.3 Å². The first-order valence-corrected chi connectivity index (χ1v) is 7.80. The number of likely N-dealkylation sites (N-methyl/N-ethyl adjacent to an activating group) is 1. The summed E-state index contributed by atoms with van der Waals surface area (Å²) in [7, 11) is 5.42. The summed E-state index contributed by atoms with van der Waals surface area (Å²) in [5.41, 5.74) is 2.18. The Labute approximate surface area is 137 Å². The molecule has 1 heterocycles. The van der Waals surface area contributed by atoms with Gasteiger partial charge in [-0.1, -0.05) is 36.4 Å². The van der Waals surface area contributed by atoms with Crippen LogP contribution in [-0.2, 0) is 4.74 Å². The number of ether oxygens (including phenoxy) is 3. The summed E-state index contributed by atoms with van der Waals surface area (Å²) in [6.07, 6.45) is -0.136. The molecule has 0 bridgehead atoms. The fourth-order valence-corrected chi connectivity index (χ4v) is 3.40. The topological polar surface area (TPSA) is 30.9 Å². The van der Waals surface area contributed by atoms with E-state index in [1.165, 1.54) is 5.56 Å². The van der Waals surface area contributed by atoms with E-state index < -0.39 is 0 Å². The Kier molecular flexibility index (Phi) is 4.55. The summed E-state index contributed by atoms with van der Waals surface area (Å²) in [6.45, 7) is 2.11. The van der Waals surface area contributed by atoms with Crippen molar-refractivity contribution in [3.8, 4) is 11.5 Å². The van der Waals surface area contributed by atoms with Crippen LogP contribution < -0.4 is 9.47 Å². The van der Waals surface area contributed by atoms with Crippen LogP contribution in [0.4, 0.5) is 0 Å². The van der Waals surface area contributed by atoms with Gasteiger partial charge < -0.3 is 14.2 Å². The number of methoxy groups -OCH3 is 2. The summed E-state index contributed by atoms with van der Waals surface area (Å²) < 4.78 is 17.4. The van der Waals surface area contributed by atoms with Gasteiger partial charge in [0.25, 0.3) is 0 Å². The predicted molar refractivity (Wildman–Crippen MR) is 89.8 cm³/mol. The first kappa shape index (κ1) is 15.8. The molecular formula is C19H23NO3. The van der Waals surface area contributed by atoms with Gasteiger partial charge in [0, 0.05) is 0 Å². The van der Waals surface area contributed by atoms with Crippen LogP contribution in [0.2, 0.25) is 0 Å². The Balaban J connectivity index is 2.00. The highest BCUT2D eigenvalue weighted by atomic mass is 16.5. The summed E-state index contributed by atoms with van der Waals surface area (Å²) in [5.74, 6) is 1.56. The number of nitrogens with zero attached hydrogens (tertiary/aromatic N) is 1. The zero-order valence-electron chi connectivity index (χ0n) is 14.0. The van der Waals surface area contributed by atoms with Gasteiger partial charge in [-0.25, -0.2) is 0 Å². The van der Waals surface area contributed by atoms with Crippen LogP contribution in [0.15, 0.2) is 48.5 Å². The highest BCUT2D eigenvalue weighted by molar-refractivity contribution is 5.46. The van der Waals surface area contributed by atoms with E-state index in [1.807, 2.05) is 24.3 Å². The average Bonchev–Trinajstić information content (AvgIpc) is 2.89. The van der Waals surface area contributed by atoms with Gasteiger partial charge in [-0.15, -0.1) is 0 Å². The smallest absolute Gasteiger partial charge is 0.144 e. The summed E-state index contributed by atoms with van der Waals surface area (Å²) in [4.78, 5) is 2.24. The lowest BCUT2D eigenvalue weighted by atomic mass is 10.0. The number of hydrogen-bond donors (Lipinski definition) is 0. The third-order valence-corrected chi connectivity index (χ3v) is 4.45. The van der Waals surface area contributed by atoms with Gasteiger partial charge in [0.1, 0.15) is 17.7 Å². The highest BCUT2D eigenvalue weighted by Crippen LogP contribution is 2.46. The van der Waals surface area contributed by atoms with Crippen molar-refractivity contribution in [2.45, 2.75) is 25.3 Å². The van der Waals surface area contributed by atoms with Gasteiger partial charge in [-0.3, -0.25) is 4.90 Å². The Morgan fingerprint density at radius 1 is 0.913 bits per heavy atom. The summed E-state index contributed by atoms with van der Waals surface area (Å²) >= 11 is 0. The molecule has 0 aromatic heterocycles. The highest BCUT2D eigenvalue weighted by Gasteiger charge is 2.41. The van der Waals surface area contributed by atoms with Crippen molar-refractivity contribution in [1.29, 1.82) is 0 Å². The first-order chi connectivity index (χ1) is 11.2. The summed E-state index contributed by atoms with van der Waals surface area (Å²) in [6, 6.07) is 16.4. The molecule has 4 nitrogen and oxygen atoms in total. The predicted octanol–water partition coefficient (Wildman–Crippen LogP) is 3.79. The molecule has 0 aliphatic carbocycles. The van der Waals surface area contributed by atoms with Gasteiger partial charge in [0.15, 0.2) is 0 Å². The minimum Gasteiger partial charge on any atom is -0.496 e. The molecule has 2 aromatic carbocycles. The standard InChI is InChI=1S/C19H23NO3/c1-13-18(14-9-6-5-7-10-14)20(2)19(23-13)17-15(21-3)11-8-12-16(17)22-4/h5-13,18-19H,1-4H3/t13-,18?,19?/m0/s1. The van der Waals surface area contributed by atoms with E-state index in [0.29, 0.717) is 0 Å². The normalized spacial score (nSPS) is 24.6. The molecule has 3 atom stereocenters. The van der Waals surface area contributed by atoms with E-state index in [9.17, 15) is 0 Å². The minimum absolute atomic E-state index is 0.0713. The Hall–Kier alpha value is -2.04. The average molecular weight is 313 g/mol. The molecule has 23 heavy (non-hydrogen) atoms. The lowest BCUT2D eigenvalue weighted by molar-refractivity contribution is 0.0100. The Morgan fingerprint density at radius 2 is 1.52 bits per heavy atom. The zero-order valence-corrected chi connectivity index (χ0v) is 14.0. The van der Waals surface area contributed by atoms with Crippen LogP contribution in [0.25, 0.3) is 0 Å². The molecule has 2 aromatic rings. The van der Waals surface area contributed by atoms with E-state index in [4.69, 9.17) is 14.2 Å². The third kappa shape index (κ3) is 2.80. The largest absolute Gasteiger partial charge is 0.496 e. The molecule has 3 rings (SSSR count). The Morgan fingerprint density at radius 3 is 2.09 bits per heavy atom. The van der Waals surface area contributed by atoms with Gasteiger partial charge in [-0.2, -0.15) is 0 Å². The SMILES string of the molecule is COc1cccc(OC)c1C1O[C@@H](C)C(c2ccccc2)N1C. The van der Waals surface area contributed by atoms with Crippen LogP contribution in [0.3, 0.4) is 0 Å². The first-order valence-electron chi connectivity index (χ1n) is 7.80. The number of hydrogen-bond acceptors (Lipinski definition) is 4. The van der Waals surface area contributed by atoms with Crippen molar-refractivity contribution in [2.75, 3.05) is 21.3 Å². The molecule has 1 aliphatic rings. The van der Waals surface area contributed by atoms with Gasteiger partial charge in [0.2, 0.25) is 0 Å². The van der Waals surface area contributed by atoms with Crippen LogP contribution in [-0.4, -0.2) is 32.3 Å². The zero-order chi connectivity index (χ0) is 16.4. The second kappa shape index (κ2) is 6.60. The minimum atomic E-state index is -0.207. The lowest BCUT2D eigenvalue weighted by Gasteiger charge is -2.26. The second-order valence-electron chi connectivity index (χ2n) is 5.79. The molecule has 0 saturated carbocycles. The van der Waals surface area contributed by atoms with Crippen LogP contribution in [0.5, 0.6) is 11.5 Å². The molecule has 1 fully saturated rings. The Bertz CT molecular complexity index is 637.